The third-order valence-electron chi connectivity index (χ3n) is 10.4. The van der Waals surface area contributed by atoms with Gasteiger partial charge >= 0.3 is 0 Å². The van der Waals surface area contributed by atoms with Crippen molar-refractivity contribution in [3.8, 4) is 0 Å². The van der Waals surface area contributed by atoms with Gasteiger partial charge in [-0.15, -0.1) is 0 Å². The summed E-state index contributed by atoms with van der Waals surface area (Å²) in [7, 11) is -3.64. The molecule has 2 aromatic carbocycles. The Hall–Kier alpha value is -2.79. The number of aromatic nitrogens is 2. The summed E-state index contributed by atoms with van der Waals surface area (Å²) in [6.07, 6.45) is 7.29. The molecule has 2 N–H and O–H groups in total. The SMILES string of the molecule is Cc1nc2ccccc2n1[C@H]1C[C@H]2CC[C@@H](C1)N2CCC1(c2ccccc2)CCN(C(=O)[C@@H](NS(C)(=O)=O)[C@@H](C)O)CC1. The molecule has 2 bridgehead atoms. The Bertz CT molecular complexity index is 1530. The predicted octanol–water partition coefficient (Wildman–Crippen LogP) is 3.76. The van der Waals surface area contributed by atoms with Gasteiger partial charge in [-0.2, -0.15) is 0 Å². The van der Waals surface area contributed by atoms with E-state index >= 15 is 0 Å². The van der Waals surface area contributed by atoms with Crippen molar-refractivity contribution in [3.05, 3.63) is 66.0 Å². The fourth-order valence-corrected chi connectivity index (χ4v) is 8.96. The summed E-state index contributed by atoms with van der Waals surface area (Å²) in [6.45, 7) is 5.68. The molecule has 0 saturated carbocycles. The summed E-state index contributed by atoms with van der Waals surface area (Å²) in [4.78, 5) is 22.7. The number of nitrogens with zero attached hydrogens (tertiary/aromatic N) is 4. The van der Waals surface area contributed by atoms with Crippen molar-refractivity contribution in [2.45, 2.75) is 94.5 Å². The summed E-state index contributed by atoms with van der Waals surface area (Å²) < 4.78 is 28.6. The smallest absolute Gasteiger partial charge is 0.243 e. The number of carbonyl (C=O) groups excluding carboxylic acids is 1. The minimum atomic E-state index is -3.64. The van der Waals surface area contributed by atoms with Gasteiger partial charge in [-0.25, -0.2) is 18.1 Å². The van der Waals surface area contributed by atoms with Crippen LogP contribution in [0.15, 0.2) is 54.6 Å². The normalized spacial score (nSPS) is 25.6. The summed E-state index contributed by atoms with van der Waals surface area (Å²) in [5, 5.41) is 10.2. The zero-order valence-corrected chi connectivity index (χ0v) is 26.3. The Kier molecular flexibility index (Phi) is 8.41. The van der Waals surface area contributed by atoms with Gasteiger partial charge in [0.2, 0.25) is 15.9 Å². The molecule has 0 spiro atoms. The van der Waals surface area contributed by atoms with Gasteiger partial charge in [0.1, 0.15) is 11.9 Å². The van der Waals surface area contributed by atoms with Crippen LogP contribution in [0.4, 0.5) is 0 Å². The Morgan fingerprint density at radius 1 is 1.02 bits per heavy atom. The Morgan fingerprint density at radius 2 is 1.65 bits per heavy atom. The van der Waals surface area contributed by atoms with Crippen LogP contribution in [-0.4, -0.2) is 88.9 Å². The summed E-state index contributed by atoms with van der Waals surface area (Å²) in [5.41, 5.74) is 3.57. The van der Waals surface area contributed by atoms with Crippen molar-refractivity contribution in [2.75, 3.05) is 25.9 Å². The van der Waals surface area contributed by atoms with Crippen molar-refractivity contribution < 1.29 is 18.3 Å². The van der Waals surface area contributed by atoms with Crippen LogP contribution in [-0.2, 0) is 20.2 Å². The number of hydrogen-bond acceptors (Lipinski definition) is 6. The molecule has 3 fully saturated rings. The number of nitrogens with one attached hydrogen (secondary N) is 1. The van der Waals surface area contributed by atoms with Gasteiger partial charge in [-0.1, -0.05) is 42.5 Å². The lowest BCUT2D eigenvalue weighted by molar-refractivity contribution is -0.137. The average molecular weight is 608 g/mol. The molecule has 1 amide bonds. The van der Waals surface area contributed by atoms with Gasteiger partial charge in [-0.3, -0.25) is 9.69 Å². The van der Waals surface area contributed by atoms with Gasteiger partial charge in [0.25, 0.3) is 0 Å². The number of aliphatic hydroxyl groups is 1. The molecule has 5 atom stereocenters. The largest absolute Gasteiger partial charge is 0.391 e. The molecular weight excluding hydrogens is 562 g/mol. The first-order valence-corrected chi connectivity index (χ1v) is 17.6. The predicted molar refractivity (Wildman–Crippen MR) is 168 cm³/mol. The second-order valence-electron chi connectivity index (χ2n) is 13.1. The third kappa shape index (κ3) is 6.12. The van der Waals surface area contributed by atoms with Gasteiger partial charge in [0.05, 0.1) is 23.4 Å². The van der Waals surface area contributed by atoms with Crippen LogP contribution in [0.5, 0.6) is 0 Å². The number of rotatable bonds is 9. The van der Waals surface area contributed by atoms with Crippen molar-refractivity contribution in [1.29, 1.82) is 0 Å². The molecule has 0 aliphatic carbocycles. The highest BCUT2D eigenvalue weighted by Crippen LogP contribution is 2.45. The number of aryl methyl sites for hydroxylation is 1. The van der Waals surface area contributed by atoms with Crippen LogP contribution in [0.3, 0.4) is 0 Å². The number of piperidine rings is 2. The molecule has 0 radical (unpaired) electrons. The maximum Gasteiger partial charge on any atom is 0.243 e. The number of aliphatic hydroxyl groups excluding tert-OH is 1. The van der Waals surface area contributed by atoms with Crippen LogP contribution < -0.4 is 4.72 Å². The molecule has 3 saturated heterocycles. The maximum absolute atomic E-state index is 13.3. The first-order valence-electron chi connectivity index (χ1n) is 15.7. The number of hydrogen-bond donors (Lipinski definition) is 2. The average Bonchev–Trinajstić information content (AvgIpc) is 3.45. The monoisotopic (exact) mass is 607 g/mol. The van der Waals surface area contributed by atoms with E-state index in [0.717, 1.165) is 56.2 Å². The molecule has 3 aliphatic heterocycles. The van der Waals surface area contributed by atoms with Crippen LogP contribution in [0, 0.1) is 6.92 Å². The number of sulfonamides is 1. The van der Waals surface area contributed by atoms with Gasteiger partial charge in [-0.05, 0) is 88.4 Å². The van der Waals surface area contributed by atoms with Crippen molar-refractivity contribution in [3.63, 3.8) is 0 Å². The minimum absolute atomic E-state index is 0.0595. The molecule has 9 nitrogen and oxygen atoms in total. The molecular formula is C33H45N5O4S. The van der Waals surface area contributed by atoms with Crippen molar-refractivity contribution in [1.82, 2.24) is 24.1 Å². The molecule has 1 aromatic heterocycles. The Balaban J connectivity index is 1.16. The van der Waals surface area contributed by atoms with Crippen LogP contribution in [0.25, 0.3) is 11.0 Å². The Labute approximate surface area is 255 Å². The van der Waals surface area contributed by atoms with Crippen LogP contribution in [0.2, 0.25) is 0 Å². The van der Waals surface area contributed by atoms with Gasteiger partial charge < -0.3 is 14.6 Å². The number of carbonyl (C=O) groups is 1. The molecule has 3 aromatic rings. The number of amides is 1. The van der Waals surface area contributed by atoms with Gasteiger partial charge in [0, 0.05) is 31.2 Å². The van der Waals surface area contributed by atoms with Crippen LogP contribution >= 0.6 is 0 Å². The second kappa shape index (κ2) is 12.0. The second-order valence-corrected chi connectivity index (χ2v) is 14.9. The molecule has 0 unspecified atom stereocenters. The number of benzene rings is 2. The molecule has 4 heterocycles. The fourth-order valence-electron chi connectivity index (χ4n) is 8.20. The standard InChI is InChI=1S/C33H45N5O4S/c1-23(39)31(35-43(3,41)42)32(40)36-18-15-33(16-19-36,25-9-5-4-6-10-25)17-20-37-26-13-14-27(37)22-28(21-26)38-24(2)34-29-11-7-8-12-30(29)38/h4-12,23,26-28,31,35,39H,13-22H2,1-3H3/t23-,26-,27+,28+,31+/m1/s1. The lowest BCUT2D eigenvalue weighted by Crippen LogP contribution is -2.56. The minimum Gasteiger partial charge on any atom is -0.391 e. The molecule has 43 heavy (non-hydrogen) atoms. The zero-order chi connectivity index (χ0) is 30.4. The highest BCUT2D eigenvalue weighted by Gasteiger charge is 2.44. The lowest BCUT2D eigenvalue weighted by atomic mass is 9.70. The highest BCUT2D eigenvalue weighted by molar-refractivity contribution is 7.88. The van der Waals surface area contributed by atoms with Crippen molar-refractivity contribution >= 4 is 27.0 Å². The number of likely N-dealkylation sites (tertiary alicyclic amines) is 1. The van der Waals surface area contributed by atoms with Crippen LogP contribution in [0.1, 0.15) is 69.3 Å². The number of para-hydroxylation sites is 2. The molecule has 6 rings (SSSR count). The maximum atomic E-state index is 13.3. The number of imidazole rings is 1. The molecule has 3 aliphatic rings. The van der Waals surface area contributed by atoms with E-state index in [9.17, 15) is 18.3 Å². The van der Waals surface area contributed by atoms with E-state index in [-0.39, 0.29) is 11.3 Å². The molecule has 232 valence electrons. The van der Waals surface area contributed by atoms with Crippen molar-refractivity contribution in [2.24, 2.45) is 0 Å². The summed E-state index contributed by atoms with van der Waals surface area (Å²) >= 11 is 0. The van der Waals surface area contributed by atoms with E-state index in [1.165, 1.54) is 30.8 Å². The summed E-state index contributed by atoms with van der Waals surface area (Å²) in [5.74, 6) is 0.748. The van der Waals surface area contributed by atoms with E-state index in [0.29, 0.717) is 31.2 Å². The Morgan fingerprint density at radius 3 is 2.28 bits per heavy atom. The fraction of sp³-hybridized carbons (Fsp3) is 0.576. The lowest BCUT2D eigenvalue weighted by Gasteiger charge is -2.46. The summed E-state index contributed by atoms with van der Waals surface area (Å²) in [6, 6.07) is 19.6. The van der Waals surface area contributed by atoms with E-state index in [4.69, 9.17) is 4.98 Å². The third-order valence-corrected chi connectivity index (χ3v) is 11.0. The van der Waals surface area contributed by atoms with E-state index in [1.807, 2.05) is 6.07 Å². The first-order chi connectivity index (χ1) is 20.5. The van der Waals surface area contributed by atoms with E-state index < -0.39 is 22.2 Å². The zero-order valence-electron chi connectivity index (χ0n) is 25.5. The van der Waals surface area contributed by atoms with Gasteiger partial charge in [0.15, 0.2) is 0 Å². The first kappa shape index (κ1) is 30.2. The number of fused-ring (bicyclic) bond motifs is 3. The topological polar surface area (TPSA) is 108 Å². The molecule has 10 heteroatoms. The highest BCUT2D eigenvalue weighted by atomic mass is 32.2. The quantitative estimate of drug-likeness (QED) is 0.384. The van der Waals surface area contributed by atoms with E-state index in [1.54, 1.807) is 4.90 Å². The van der Waals surface area contributed by atoms with E-state index in [2.05, 4.69) is 69.6 Å².